The van der Waals surface area contributed by atoms with Crippen molar-refractivity contribution in [1.29, 1.82) is 0 Å². The zero-order valence-corrected chi connectivity index (χ0v) is 9.44. The third kappa shape index (κ3) is 1.72. The van der Waals surface area contributed by atoms with Crippen LogP contribution in [0.3, 0.4) is 0 Å². The smallest absolute Gasteiger partial charge is 0.256 e. The molecule has 0 saturated carbocycles. The van der Waals surface area contributed by atoms with Gasteiger partial charge in [-0.25, -0.2) is 0 Å². The van der Waals surface area contributed by atoms with Gasteiger partial charge in [0, 0.05) is 0 Å². The first-order valence-electron chi connectivity index (χ1n) is 4.02. The first-order valence-corrected chi connectivity index (χ1v) is 5.88. The molecule has 1 amide bonds. The first kappa shape index (κ1) is 10.1. The van der Waals surface area contributed by atoms with E-state index in [0.29, 0.717) is 10.9 Å². The normalized spacial score (nSPS) is 21.7. The number of carbonyl (C=O) groups is 1. The van der Waals surface area contributed by atoms with Crippen LogP contribution in [-0.4, -0.2) is 16.5 Å². The Labute approximate surface area is 96.2 Å². The third-order valence-electron chi connectivity index (χ3n) is 1.95. The lowest BCUT2D eigenvalue weighted by atomic mass is 10.3. The van der Waals surface area contributed by atoms with Crippen LogP contribution in [0.1, 0.15) is 0 Å². The van der Waals surface area contributed by atoms with Crippen LogP contribution in [0, 0.1) is 0 Å². The largest absolute Gasteiger partial charge is 0.299 e. The molecule has 5 heteroatoms. The van der Waals surface area contributed by atoms with Crippen LogP contribution in [0.2, 0.25) is 5.02 Å². The number of nitrogens with zero attached hydrogens (tertiary/aromatic N) is 1. The van der Waals surface area contributed by atoms with Gasteiger partial charge < -0.3 is 0 Å². The van der Waals surface area contributed by atoms with Crippen molar-refractivity contribution in [1.82, 2.24) is 0 Å². The molecule has 1 aromatic rings. The maximum absolute atomic E-state index is 11.6. The summed E-state index contributed by atoms with van der Waals surface area (Å²) in [5.74, 6) is 0.473. The molecule has 0 spiro atoms. The second kappa shape index (κ2) is 4.01. The topological polar surface area (TPSA) is 20.3 Å². The molecule has 0 aliphatic carbocycles. The van der Waals surface area contributed by atoms with Gasteiger partial charge in [0.1, 0.15) is 0 Å². The molecule has 14 heavy (non-hydrogen) atoms. The van der Waals surface area contributed by atoms with E-state index in [0.717, 1.165) is 5.69 Å². The number of benzene rings is 1. The number of thioether (sulfide) groups is 1. The van der Waals surface area contributed by atoms with Gasteiger partial charge in [-0.15, -0.1) is 23.4 Å². The Kier molecular flexibility index (Phi) is 2.91. The summed E-state index contributed by atoms with van der Waals surface area (Å²) in [5, 5.41) is 0.576. The van der Waals surface area contributed by atoms with Gasteiger partial charge in [-0.2, -0.15) is 0 Å². The molecule has 0 radical (unpaired) electrons. The molecule has 1 fully saturated rings. The van der Waals surface area contributed by atoms with Crippen LogP contribution in [0.5, 0.6) is 0 Å². The van der Waals surface area contributed by atoms with Crippen LogP contribution in [0.15, 0.2) is 24.3 Å². The summed E-state index contributed by atoms with van der Waals surface area (Å²) >= 11 is 13.2. The van der Waals surface area contributed by atoms with Crippen molar-refractivity contribution in [3.05, 3.63) is 29.3 Å². The van der Waals surface area contributed by atoms with Crippen molar-refractivity contribution in [3.8, 4) is 0 Å². The number of hydrogen-bond acceptors (Lipinski definition) is 2. The average molecular weight is 248 g/mol. The molecule has 0 N–H and O–H groups in total. The molecule has 2 rings (SSSR count). The van der Waals surface area contributed by atoms with Gasteiger partial charge in [-0.3, -0.25) is 9.69 Å². The molecular formula is C9H7Cl2NOS. The zero-order valence-electron chi connectivity index (χ0n) is 7.11. The van der Waals surface area contributed by atoms with E-state index in [1.807, 2.05) is 18.2 Å². The fraction of sp³-hybridized carbons (Fsp3) is 0.222. The molecule has 2 nitrogen and oxygen atoms in total. The minimum atomic E-state index is -0.480. The number of rotatable bonds is 1. The molecule has 1 atom stereocenters. The van der Waals surface area contributed by atoms with E-state index in [1.54, 1.807) is 11.0 Å². The van der Waals surface area contributed by atoms with Gasteiger partial charge in [0.25, 0.3) is 5.91 Å². The third-order valence-corrected chi connectivity index (χ3v) is 3.74. The van der Waals surface area contributed by atoms with Crippen LogP contribution < -0.4 is 4.90 Å². The van der Waals surface area contributed by atoms with Gasteiger partial charge in [-0.05, 0) is 12.1 Å². The van der Waals surface area contributed by atoms with Crippen molar-refractivity contribution in [3.63, 3.8) is 0 Å². The summed E-state index contributed by atoms with van der Waals surface area (Å²) in [6, 6.07) is 7.25. The number of para-hydroxylation sites is 1. The van der Waals surface area contributed by atoms with Crippen molar-refractivity contribution in [2.45, 2.75) is 4.71 Å². The average Bonchev–Trinajstić information content (AvgIpc) is 2.49. The van der Waals surface area contributed by atoms with Crippen molar-refractivity contribution in [2.75, 3.05) is 10.8 Å². The number of amides is 1. The summed E-state index contributed by atoms with van der Waals surface area (Å²) in [6.45, 7) is 0. The lowest BCUT2D eigenvalue weighted by Gasteiger charge is -2.15. The predicted molar refractivity (Wildman–Crippen MR) is 61.0 cm³/mol. The quantitative estimate of drug-likeness (QED) is 0.712. The number of carbonyl (C=O) groups excluding carboxylic acids is 1. The highest BCUT2D eigenvalue weighted by atomic mass is 35.5. The zero-order chi connectivity index (χ0) is 10.1. The molecule has 74 valence electrons. The highest BCUT2D eigenvalue weighted by Gasteiger charge is 2.32. The molecule has 1 saturated heterocycles. The van der Waals surface area contributed by atoms with Crippen molar-refractivity contribution >= 4 is 46.6 Å². The van der Waals surface area contributed by atoms with Gasteiger partial charge in [0.05, 0.1) is 16.6 Å². The molecule has 0 aromatic heterocycles. The van der Waals surface area contributed by atoms with Crippen LogP contribution >= 0.6 is 35.0 Å². The highest BCUT2D eigenvalue weighted by Crippen LogP contribution is 2.34. The van der Waals surface area contributed by atoms with Gasteiger partial charge in [-0.1, -0.05) is 23.7 Å². The Bertz CT molecular complexity index is 372. The molecule has 1 heterocycles. The first-order chi connectivity index (χ1) is 6.70. The fourth-order valence-corrected chi connectivity index (χ4v) is 2.60. The Balaban J connectivity index is 2.33. The minimum Gasteiger partial charge on any atom is -0.299 e. The fourth-order valence-electron chi connectivity index (χ4n) is 1.26. The second-order valence-electron chi connectivity index (χ2n) is 2.83. The number of hydrogen-bond donors (Lipinski definition) is 0. The molecule has 1 aliphatic heterocycles. The Morgan fingerprint density at radius 3 is 2.71 bits per heavy atom. The minimum absolute atomic E-state index is 0.0928. The summed E-state index contributed by atoms with van der Waals surface area (Å²) in [6.07, 6.45) is 0. The Morgan fingerprint density at radius 1 is 1.43 bits per heavy atom. The van der Waals surface area contributed by atoms with Crippen LogP contribution in [-0.2, 0) is 4.79 Å². The van der Waals surface area contributed by atoms with E-state index in [9.17, 15) is 4.79 Å². The summed E-state index contributed by atoms with van der Waals surface area (Å²) in [4.78, 5) is 13.2. The van der Waals surface area contributed by atoms with Crippen molar-refractivity contribution in [2.24, 2.45) is 0 Å². The summed E-state index contributed by atoms with van der Waals surface area (Å²) < 4.78 is -0.480. The van der Waals surface area contributed by atoms with Gasteiger partial charge in [0.2, 0.25) is 0 Å². The molecular weight excluding hydrogens is 241 g/mol. The van der Waals surface area contributed by atoms with E-state index in [-0.39, 0.29) is 5.91 Å². The van der Waals surface area contributed by atoms with Gasteiger partial charge in [0.15, 0.2) is 4.71 Å². The lowest BCUT2D eigenvalue weighted by Crippen LogP contribution is -2.27. The summed E-state index contributed by atoms with van der Waals surface area (Å²) in [5.41, 5.74) is 0.731. The van der Waals surface area contributed by atoms with Crippen molar-refractivity contribution < 1.29 is 4.79 Å². The predicted octanol–water partition coefficient (Wildman–Crippen LogP) is 2.94. The van der Waals surface area contributed by atoms with E-state index in [1.165, 1.54) is 11.8 Å². The molecule has 1 aliphatic rings. The lowest BCUT2D eigenvalue weighted by molar-refractivity contribution is -0.116. The number of anilines is 1. The standard InChI is InChI=1S/C9H7Cl2NOS/c10-6-3-1-2-4-7(6)12-5-14-8(11)9(12)13/h1-4,8H,5H2. The van der Waals surface area contributed by atoms with E-state index in [2.05, 4.69) is 0 Å². The van der Waals surface area contributed by atoms with Gasteiger partial charge >= 0.3 is 0 Å². The monoisotopic (exact) mass is 247 g/mol. The number of alkyl halides is 1. The maximum Gasteiger partial charge on any atom is 0.256 e. The Hall–Kier alpha value is -0.380. The van der Waals surface area contributed by atoms with E-state index in [4.69, 9.17) is 23.2 Å². The van der Waals surface area contributed by atoms with Crippen LogP contribution in [0.25, 0.3) is 0 Å². The van der Waals surface area contributed by atoms with E-state index >= 15 is 0 Å². The summed E-state index contributed by atoms with van der Waals surface area (Å²) in [7, 11) is 0. The molecule has 1 aromatic carbocycles. The van der Waals surface area contributed by atoms with E-state index < -0.39 is 4.71 Å². The second-order valence-corrected chi connectivity index (χ2v) is 4.99. The maximum atomic E-state index is 11.6. The van der Waals surface area contributed by atoms with Crippen LogP contribution in [0.4, 0.5) is 5.69 Å². The molecule has 1 unspecified atom stereocenters. The Morgan fingerprint density at radius 2 is 2.14 bits per heavy atom. The highest BCUT2D eigenvalue weighted by molar-refractivity contribution is 8.02. The SMILES string of the molecule is O=C1C(Cl)SCN1c1ccccc1Cl. The molecule has 0 bridgehead atoms. The number of halogens is 2.